The van der Waals surface area contributed by atoms with Crippen LogP contribution in [0.5, 0.6) is 0 Å². The number of nitrogens with one attached hydrogen (secondary N) is 2. The molecule has 2 N–H and O–H groups in total. The summed E-state index contributed by atoms with van der Waals surface area (Å²) in [5.74, 6) is 0.0472. The molecule has 0 saturated carbocycles. The summed E-state index contributed by atoms with van der Waals surface area (Å²) in [6.45, 7) is 4.36. The van der Waals surface area contributed by atoms with Crippen LogP contribution in [0.15, 0.2) is 29.6 Å². The minimum Gasteiger partial charge on any atom is -0.356 e. The second kappa shape index (κ2) is 10.7. The smallest absolute Gasteiger partial charge is 0.226 e. The monoisotopic (exact) mass is 373 g/mol. The van der Waals surface area contributed by atoms with Crippen molar-refractivity contribution in [3.05, 3.63) is 35.2 Å². The summed E-state index contributed by atoms with van der Waals surface area (Å²) in [6, 6.07) is 8.28. The lowest BCUT2D eigenvalue weighted by Crippen LogP contribution is -2.21. The van der Waals surface area contributed by atoms with Crippen LogP contribution < -0.4 is 10.6 Å². The lowest BCUT2D eigenvalue weighted by molar-refractivity contribution is -0.119. The van der Waals surface area contributed by atoms with E-state index in [9.17, 15) is 9.59 Å². The quantitative estimate of drug-likeness (QED) is 0.607. The Morgan fingerprint density at radius 3 is 2.58 bits per heavy atom. The van der Waals surface area contributed by atoms with Crippen molar-refractivity contribution in [2.24, 2.45) is 0 Å². The molecule has 5 nitrogen and oxygen atoms in total. The van der Waals surface area contributed by atoms with E-state index in [2.05, 4.69) is 46.8 Å². The van der Waals surface area contributed by atoms with E-state index in [1.165, 1.54) is 23.8 Å². The maximum Gasteiger partial charge on any atom is 0.226 e. The molecule has 0 radical (unpaired) electrons. The number of thiazole rings is 1. The normalized spacial score (nSPS) is 10.5. The van der Waals surface area contributed by atoms with E-state index in [0.29, 0.717) is 18.1 Å². The van der Waals surface area contributed by atoms with Crippen LogP contribution in [0.4, 0.5) is 5.13 Å². The van der Waals surface area contributed by atoms with Crippen LogP contribution >= 0.6 is 11.3 Å². The van der Waals surface area contributed by atoms with E-state index in [1.54, 1.807) is 0 Å². The van der Waals surface area contributed by atoms with Gasteiger partial charge in [0, 0.05) is 30.8 Å². The number of amides is 2. The summed E-state index contributed by atoms with van der Waals surface area (Å²) < 4.78 is 0. The van der Waals surface area contributed by atoms with E-state index >= 15 is 0 Å². The lowest BCUT2D eigenvalue weighted by atomic mass is 10.1. The molecule has 0 unspecified atom stereocenters. The molecule has 0 spiro atoms. The highest BCUT2D eigenvalue weighted by atomic mass is 32.1. The first kappa shape index (κ1) is 20.1. The van der Waals surface area contributed by atoms with Gasteiger partial charge in [0.05, 0.1) is 5.69 Å². The van der Waals surface area contributed by atoms with Crippen LogP contribution in [0.3, 0.4) is 0 Å². The summed E-state index contributed by atoms with van der Waals surface area (Å²) in [6.07, 6.45) is 5.51. The van der Waals surface area contributed by atoms with Gasteiger partial charge in [0.2, 0.25) is 11.8 Å². The molecule has 1 aromatic carbocycles. The number of unbranched alkanes of at least 4 members (excludes halogenated alkanes) is 2. The second-order valence-corrected chi connectivity index (χ2v) is 7.18. The Hall–Kier alpha value is -2.21. The first-order valence-electron chi connectivity index (χ1n) is 9.17. The third kappa shape index (κ3) is 6.96. The van der Waals surface area contributed by atoms with Gasteiger partial charge in [0.1, 0.15) is 0 Å². The fraction of sp³-hybridized carbons (Fsp3) is 0.450. The molecule has 1 aromatic heterocycles. The fourth-order valence-corrected chi connectivity index (χ4v) is 3.32. The van der Waals surface area contributed by atoms with Crippen molar-refractivity contribution in [2.75, 3.05) is 11.9 Å². The zero-order valence-corrected chi connectivity index (χ0v) is 16.3. The molecule has 0 bridgehead atoms. The molecule has 0 saturated heterocycles. The van der Waals surface area contributed by atoms with Crippen molar-refractivity contribution >= 4 is 28.3 Å². The number of carbonyl (C=O) groups excluding carboxylic acids is 2. The third-order valence-electron chi connectivity index (χ3n) is 4.02. The van der Waals surface area contributed by atoms with E-state index in [1.807, 2.05) is 5.38 Å². The summed E-state index contributed by atoms with van der Waals surface area (Å²) in [5.41, 5.74) is 3.15. The first-order chi connectivity index (χ1) is 12.6. The SMILES string of the molecule is CCCCCC(=O)Nc1nc(-c2ccc(CCCNC(C)=O)cc2)cs1. The number of aromatic nitrogens is 1. The Bertz CT molecular complexity index is 710. The highest BCUT2D eigenvalue weighted by Gasteiger charge is 2.08. The Balaban J connectivity index is 1.84. The van der Waals surface area contributed by atoms with Crippen LogP contribution in [0.25, 0.3) is 11.3 Å². The maximum atomic E-state index is 11.9. The summed E-state index contributed by atoms with van der Waals surface area (Å²) in [4.78, 5) is 27.2. The van der Waals surface area contributed by atoms with E-state index < -0.39 is 0 Å². The molecule has 2 amide bonds. The van der Waals surface area contributed by atoms with Crippen molar-refractivity contribution in [1.82, 2.24) is 10.3 Å². The average Bonchev–Trinajstić information content (AvgIpc) is 3.08. The van der Waals surface area contributed by atoms with Crippen molar-refractivity contribution in [2.45, 2.75) is 52.4 Å². The van der Waals surface area contributed by atoms with Crippen LogP contribution in [-0.4, -0.2) is 23.3 Å². The molecule has 0 aliphatic heterocycles. The molecule has 6 heteroatoms. The van der Waals surface area contributed by atoms with Crippen molar-refractivity contribution in [3.63, 3.8) is 0 Å². The van der Waals surface area contributed by atoms with Gasteiger partial charge < -0.3 is 10.6 Å². The molecule has 26 heavy (non-hydrogen) atoms. The Labute approximate surface area is 159 Å². The topological polar surface area (TPSA) is 71.1 Å². The van der Waals surface area contributed by atoms with Gasteiger partial charge in [-0.25, -0.2) is 4.98 Å². The van der Waals surface area contributed by atoms with E-state index in [0.717, 1.165) is 43.4 Å². The number of carbonyl (C=O) groups is 2. The van der Waals surface area contributed by atoms with Gasteiger partial charge >= 0.3 is 0 Å². The zero-order valence-electron chi connectivity index (χ0n) is 15.5. The van der Waals surface area contributed by atoms with Crippen LogP contribution in [0.1, 0.15) is 51.5 Å². The summed E-state index contributed by atoms with van der Waals surface area (Å²) in [7, 11) is 0. The number of aryl methyl sites for hydroxylation is 1. The molecule has 0 fully saturated rings. The summed E-state index contributed by atoms with van der Waals surface area (Å²) in [5, 5.41) is 8.30. The molecule has 2 rings (SSSR count). The van der Waals surface area contributed by atoms with Crippen molar-refractivity contribution < 1.29 is 9.59 Å². The molecular formula is C20H27N3O2S. The molecule has 140 valence electrons. The zero-order chi connectivity index (χ0) is 18.8. The van der Waals surface area contributed by atoms with Crippen LogP contribution in [-0.2, 0) is 16.0 Å². The molecule has 1 heterocycles. The molecule has 0 atom stereocenters. The van der Waals surface area contributed by atoms with E-state index in [-0.39, 0.29) is 11.8 Å². The van der Waals surface area contributed by atoms with Crippen LogP contribution in [0.2, 0.25) is 0 Å². The van der Waals surface area contributed by atoms with Gasteiger partial charge in [-0.15, -0.1) is 11.3 Å². The standard InChI is InChI=1S/C20H27N3O2S/c1-3-4-5-8-19(25)23-20-22-18(14-26-20)17-11-9-16(10-12-17)7-6-13-21-15(2)24/h9-12,14H,3-8,13H2,1-2H3,(H,21,24)(H,22,23,25). The minimum absolute atomic E-state index is 0.0112. The number of hydrogen-bond acceptors (Lipinski definition) is 4. The molecule has 0 aliphatic carbocycles. The Kier molecular flexibility index (Phi) is 8.28. The Morgan fingerprint density at radius 2 is 1.88 bits per heavy atom. The maximum absolute atomic E-state index is 11.9. The molecular weight excluding hydrogens is 346 g/mol. The number of benzene rings is 1. The predicted octanol–water partition coefficient (Wildman–Crippen LogP) is 4.40. The van der Waals surface area contributed by atoms with Gasteiger partial charge in [0.25, 0.3) is 0 Å². The van der Waals surface area contributed by atoms with Crippen molar-refractivity contribution in [3.8, 4) is 11.3 Å². The number of anilines is 1. The van der Waals surface area contributed by atoms with Gasteiger partial charge in [0.15, 0.2) is 5.13 Å². The first-order valence-corrected chi connectivity index (χ1v) is 10.1. The number of hydrogen-bond donors (Lipinski definition) is 2. The average molecular weight is 374 g/mol. The van der Waals surface area contributed by atoms with Crippen molar-refractivity contribution in [1.29, 1.82) is 0 Å². The fourth-order valence-electron chi connectivity index (χ4n) is 2.58. The number of rotatable bonds is 10. The van der Waals surface area contributed by atoms with Gasteiger partial charge in [-0.3, -0.25) is 9.59 Å². The highest BCUT2D eigenvalue weighted by Crippen LogP contribution is 2.25. The third-order valence-corrected chi connectivity index (χ3v) is 4.78. The largest absolute Gasteiger partial charge is 0.356 e. The Morgan fingerprint density at radius 1 is 1.12 bits per heavy atom. The lowest BCUT2D eigenvalue weighted by Gasteiger charge is -2.04. The minimum atomic E-state index is 0.0112. The predicted molar refractivity (Wildman–Crippen MR) is 107 cm³/mol. The molecule has 2 aromatic rings. The molecule has 0 aliphatic rings. The van der Waals surface area contributed by atoms with E-state index in [4.69, 9.17) is 0 Å². The highest BCUT2D eigenvalue weighted by molar-refractivity contribution is 7.14. The number of nitrogens with zero attached hydrogens (tertiary/aromatic N) is 1. The van der Waals surface area contributed by atoms with Crippen LogP contribution in [0, 0.1) is 0 Å². The van der Waals surface area contributed by atoms with Gasteiger partial charge in [-0.1, -0.05) is 44.0 Å². The second-order valence-electron chi connectivity index (χ2n) is 6.33. The van der Waals surface area contributed by atoms with Gasteiger partial charge in [-0.05, 0) is 24.8 Å². The summed E-state index contributed by atoms with van der Waals surface area (Å²) >= 11 is 1.45. The van der Waals surface area contributed by atoms with Gasteiger partial charge in [-0.2, -0.15) is 0 Å².